The predicted octanol–water partition coefficient (Wildman–Crippen LogP) is 8.37. The molecule has 16 atom stereocenters. The van der Waals surface area contributed by atoms with Gasteiger partial charge in [-0.15, -0.1) is 0 Å². The van der Waals surface area contributed by atoms with Crippen LogP contribution in [0.3, 0.4) is 0 Å². The number of rotatable bonds is 0. The highest BCUT2D eigenvalue weighted by Crippen LogP contribution is 2.72. The molecule has 4 nitrogen and oxygen atoms in total. The Balaban J connectivity index is 1.08. The lowest BCUT2D eigenvalue weighted by Crippen LogP contribution is -2.92. The van der Waals surface area contributed by atoms with Crippen molar-refractivity contribution in [2.45, 2.75) is 262 Å². The molecule has 0 radical (unpaired) electrons. The molecule has 0 bridgehead atoms. The first-order valence-electron chi connectivity index (χ1n) is 23.0. The fourth-order valence-corrected chi connectivity index (χ4v) is 19.7. The van der Waals surface area contributed by atoms with Crippen LogP contribution in [0.2, 0.25) is 34.9 Å². The third-order valence-corrected chi connectivity index (χ3v) is 20.1. The molecule has 13 fully saturated rings. The number of hydrogen-bond donors (Lipinski definition) is 0. The number of nitrogens with zero attached hydrogens (tertiary/aromatic N) is 4. The lowest BCUT2D eigenvalue weighted by molar-refractivity contribution is -0.213. The van der Waals surface area contributed by atoms with Crippen LogP contribution in [0.1, 0.15) is 154 Å². The van der Waals surface area contributed by atoms with Gasteiger partial charge in [0.25, 0.3) is 0 Å². The molecule has 48 heavy (non-hydrogen) atoms. The first-order chi connectivity index (χ1) is 23.9. The second-order valence-corrected chi connectivity index (χ2v) is 21.0. The van der Waals surface area contributed by atoms with E-state index in [-0.39, 0.29) is 0 Å². The molecule has 6 heterocycles. The van der Waals surface area contributed by atoms with E-state index in [1.54, 1.807) is 103 Å². The molecule has 0 spiro atoms. The monoisotopic (exact) mass is 649 g/mol. The van der Waals surface area contributed by atoms with E-state index in [1.165, 1.54) is 51.4 Å². The van der Waals surface area contributed by atoms with Crippen LogP contribution in [0, 0.1) is 0 Å². The molecule has 0 aromatic rings. The van der Waals surface area contributed by atoms with Gasteiger partial charge in [-0.05, 0) is 86.3 Å². The van der Waals surface area contributed by atoms with Crippen LogP contribution >= 0.6 is 0 Å². The molecule has 6 saturated heterocycles. The summed E-state index contributed by atoms with van der Waals surface area (Å²) in [6.07, 6.45) is 37.3. The van der Waals surface area contributed by atoms with Crippen LogP contribution in [0.5, 0.6) is 0 Å². The lowest BCUT2D eigenvalue weighted by atomic mass is 9.13. The van der Waals surface area contributed by atoms with Crippen molar-refractivity contribution in [3.05, 3.63) is 0 Å². The Labute approximate surface area is 293 Å². The Morgan fingerprint density at radius 3 is 0.708 bits per heavy atom. The Morgan fingerprint density at radius 2 is 0.458 bits per heavy atom. The highest BCUT2D eigenvalue weighted by molar-refractivity contribution is 6.67. The molecule has 7 saturated carbocycles. The first-order valence-corrected chi connectivity index (χ1v) is 23.0. The summed E-state index contributed by atoms with van der Waals surface area (Å²) in [4.78, 5) is 14.2. The molecule has 7 aliphatic carbocycles. The summed E-state index contributed by atoms with van der Waals surface area (Å²) in [5.74, 6) is 6.08. The molecule has 0 amide bonds. The van der Waals surface area contributed by atoms with Crippen LogP contribution in [-0.4, -0.2) is 106 Å². The van der Waals surface area contributed by atoms with Gasteiger partial charge in [0.1, 0.15) is 0 Å². The van der Waals surface area contributed by atoms with Crippen LogP contribution in [0.25, 0.3) is 0 Å². The minimum absolute atomic E-state index is 0.896. The smallest absolute Gasteiger partial charge is 0.157 e. The molecule has 0 aromatic carbocycles. The molecular formula is C42H66B2N4. The Bertz CT molecular complexity index is 964. The maximum absolute atomic E-state index is 3.55. The molecular weight excluding hydrogens is 582 g/mol. The molecule has 0 aromatic heterocycles. The van der Waals surface area contributed by atoms with Crippen molar-refractivity contribution in [3.63, 3.8) is 0 Å². The quantitative estimate of drug-likeness (QED) is 0.245. The number of piperazine rings is 2. The van der Waals surface area contributed by atoms with Crippen molar-refractivity contribution in [2.24, 2.45) is 0 Å². The van der Waals surface area contributed by atoms with Crippen molar-refractivity contribution in [3.8, 4) is 0 Å². The average Bonchev–Trinajstić information content (AvgIpc) is 3.16. The lowest BCUT2D eigenvalue weighted by Gasteiger charge is -2.82. The van der Waals surface area contributed by atoms with Gasteiger partial charge in [0, 0.05) is 72.5 Å². The Hall–Kier alpha value is -0.0301. The zero-order valence-electron chi connectivity index (χ0n) is 30.3. The van der Waals surface area contributed by atoms with Crippen molar-refractivity contribution < 1.29 is 0 Å². The largest absolute Gasteiger partial charge is 0.292 e. The van der Waals surface area contributed by atoms with Crippen LogP contribution in [0.4, 0.5) is 0 Å². The zero-order chi connectivity index (χ0) is 30.8. The van der Waals surface area contributed by atoms with Crippen molar-refractivity contribution >= 4 is 13.4 Å². The van der Waals surface area contributed by atoms with E-state index in [4.69, 9.17) is 0 Å². The molecule has 6 heteroatoms. The van der Waals surface area contributed by atoms with Gasteiger partial charge in [0.05, 0.1) is 0 Å². The van der Waals surface area contributed by atoms with E-state index in [0.717, 1.165) is 121 Å². The average molecular weight is 649 g/mol. The maximum Gasteiger partial charge on any atom is 0.157 e. The third kappa shape index (κ3) is 3.54. The summed E-state index contributed by atoms with van der Waals surface area (Å²) in [5, 5.41) is 0. The zero-order valence-corrected chi connectivity index (χ0v) is 30.3. The van der Waals surface area contributed by atoms with Crippen molar-refractivity contribution in [2.75, 3.05) is 0 Å². The molecule has 13 aliphatic rings. The van der Waals surface area contributed by atoms with Crippen LogP contribution < -0.4 is 0 Å². The predicted molar refractivity (Wildman–Crippen MR) is 198 cm³/mol. The van der Waals surface area contributed by atoms with E-state index in [9.17, 15) is 0 Å². The minimum Gasteiger partial charge on any atom is -0.292 e. The van der Waals surface area contributed by atoms with Crippen LogP contribution in [0.15, 0.2) is 0 Å². The van der Waals surface area contributed by atoms with E-state index in [2.05, 4.69) is 19.6 Å². The summed E-state index contributed by atoms with van der Waals surface area (Å²) in [6.45, 7) is 2.11. The van der Waals surface area contributed by atoms with E-state index in [0.29, 0.717) is 0 Å². The molecule has 16 unspecified atom stereocenters. The van der Waals surface area contributed by atoms with Gasteiger partial charge in [-0.2, -0.15) is 0 Å². The fourth-order valence-electron chi connectivity index (χ4n) is 19.7. The maximum atomic E-state index is 3.55. The molecule has 6 aliphatic heterocycles. The van der Waals surface area contributed by atoms with Gasteiger partial charge in [-0.3, -0.25) is 19.6 Å². The molecule has 260 valence electrons. The summed E-state index contributed by atoms with van der Waals surface area (Å²) in [7, 11) is 0. The van der Waals surface area contributed by atoms with Crippen molar-refractivity contribution in [1.82, 2.24) is 19.6 Å². The summed E-state index contributed by atoms with van der Waals surface area (Å²) in [5.41, 5.74) is 0. The SMILES string of the molecule is C1CCC2C(C1)B1C3CCCCC3N3C4CCCCC4N4C5CCCCC5B5C6CCCCC6N6C7CCCCC7N2C2C1C3C4C5C26. The van der Waals surface area contributed by atoms with Crippen LogP contribution in [-0.2, 0) is 0 Å². The number of hydrogen-bond acceptors (Lipinski definition) is 4. The standard InChI is InChI=1S/C42H66B2N4/c1-5-17-29-25(13-1)43-26-14-2-6-18-30(26)46-35-23-11-12-24-36(35)48-32-20-8-4-16-28(32)44-27-15-3-7-19-31(27)47-34-22-10-9-21-33(34)45(29)39-37(43)40(46)42(48)38(44)41(39)47/h25-42H,1-24H2. The van der Waals surface area contributed by atoms with E-state index >= 15 is 0 Å². The summed E-state index contributed by atoms with van der Waals surface area (Å²) < 4.78 is 0. The number of fused-ring (bicyclic) bond motifs is 18. The van der Waals surface area contributed by atoms with Gasteiger partial charge in [-0.25, -0.2) is 0 Å². The summed E-state index contributed by atoms with van der Waals surface area (Å²) in [6, 6.07) is 11.0. The van der Waals surface area contributed by atoms with Gasteiger partial charge < -0.3 is 0 Å². The normalized spacial score (nSPS) is 58.5. The topological polar surface area (TPSA) is 13.0 Å². The third-order valence-electron chi connectivity index (χ3n) is 20.1. The second kappa shape index (κ2) is 10.8. The highest BCUT2D eigenvalue weighted by atomic mass is 15.5. The molecule has 0 N–H and O–H groups in total. The Morgan fingerprint density at radius 1 is 0.250 bits per heavy atom. The fraction of sp³-hybridized carbons (Fsp3) is 1.00. The van der Waals surface area contributed by atoms with Gasteiger partial charge >= 0.3 is 0 Å². The van der Waals surface area contributed by atoms with E-state index < -0.39 is 0 Å². The Kier molecular flexibility index (Phi) is 6.61. The first kappa shape index (κ1) is 29.4. The van der Waals surface area contributed by atoms with E-state index in [1.807, 2.05) is 0 Å². The van der Waals surface area contributed by atoms with Gasteiger partial charge in [0.2, 0.25) is 0 Å². The molecule has 13 rings (SSSR count). The second-order valence-electron chi connectivity index (χ2n) is 21.0. The highest BCUT2D eigenvalue weighted by Gasteiger charge is 2.78. The van der Waals surface area contributed by atoms with Gasteiger partial charge in [-0.1, -0.05) is 103 Å². The van der Waals surface area contributed by atoms with Crippen molar-refractivity contribution in [1.29, 1.82) is 0 Å². The van der Waals surface area contributed by atoms with Gasteiger partial charge in [0.15, 0.2) is 13.4 Å². The minimum atomic E-state index is 0.896. The summed E-state index contributed by atoms with van der Waals surface area (Å²) >= 11 is 0.